The van der Waals surface area contributed by atoms with Crippen LogP contribution in [0.15, 0.2) is 84.9 Å². The number of rotatable bonds is 8. The highest BCUT2D eigenvalue weighted by Gasteiger charge is 2.50. The minimum Gasteiger partial charge on any atom is -0.507 e. The van der Waals surface area contributed by atoms with Crippen molar-refractivity contribution < 1.29 is 48.7 Å². The number of alkyl carbamates (subject to hydrolysis) is 1. The highest BCUT2D eigenvalue weighted by atomic mass is 16.6. The van der Waals surface area contributed by atoms with Crippen LogP contribution in [0.5, 0.6) is 11.5 Å². The first-order chi connectivity index (χ1) is 22.1. The monoisotopic (exact) mass is 621 g/mol. The van der Waals surface area contributed by atoms with Gasteiger partial charge in [-0.15, -0.1) is 0 Å². The summed E-state index contributed by atoms with van der Waals surface area (Å²) in [6.45, 7) is -0.468. The molecular formula is C33H29B2NO10. The summed E-state index contributed by atoms with van der Waals surface area (Å²) < 4.78 is 17.8. The van der Waals surface area contributed by atoms with Crippen LogP contribution in [0.1, 0.15) is 55.5 Å². The van der Waals surface area contributed by atoms with E-state index in [0.29, 0.717) is 10.9 Å². The molecule has 232 valence electrons. The fraction of sp³-hybridized carbons (Fsp3) is 0.182. The van der Waals surface area contributed by atoms with Crippen molar-refractivity contribution in [2.45, 2.75) is 24.5 Å². The van der Waals surface area contributed by atoms with E-state index in [1.54, 1.807) is 72.8 Å². The van der Waals surface area contributed by atoms with Gasteiger partial charge in [0, 0.05) is 42.1 Å². The van der Waals surface area contributed by atoms with Gasteiger partial charge in [-0.2, -0.15) is 0 Å². The molecule has 2 aliphatic carbocycles. The number of ketones is 2. The highest BCUT2D eigenvalue weighted by Crippen LogP contribution is 2.52. The molecule has 0 aromatic heterocycles. The van der Waals surface area contributed by atoms with Crippen molar-refractivity contribution in [2.75, 3.05) is 13.7 Å². The molecule has 0 bridgehead atoms. The zero-order valence-corrected chi connectivity index (χ0v) is 24.7. The van der Waals surface area contributed by atoms with E-state index in [9.17, 15) is 34.6 Å². The topological polar surface area (TPSA) is 172 Å². The third-order valence-corrected chi connectivity index (χ3v) is 8.33. The standard InChI is InChI=1S/C33H29B2NO10/c1-36-32(41)44-18-33(46-35(43)20-12-6-3-7-13-20)16-23-25(24(17-33)45-34(42)19-10-4-2-5-11-19)31(40)27-26(30(23)39)28(37)21-14-8-9-15-22(21)29(27)38/h2-15,24,39-40,42-43H,16-18H2,1H3,(H,36,41)/t24-,33-/m0/s1. The Hall–Kier alpha value is -4.94. The molecule has 0 saturated heterocycles. The van der Waals surface area contributed by atoms with Crippen molar-refractivity contribution in [3.05, 3.63) is 118 Å². The summed E-state index contributed by atoms with van der Waals surface area (Å²) in [6, 6.07) is 22.9. The fourth-order valence-electron chi connectivity index (χ4n) is 6.14. The van der Waals surface area contributed by atoms with Crippen LogP contribution >= 0.6 is 0 Å². The van der Waals surface area contributed by atoms with Crippen LogP contribution in [0.3, 0.4) is 0 Å². The number of carbonyl (C=O) groups is 3. The van der Waals surface area contributed by atoms with E-state index in [0.717, 1.165) is 0 Å². The normalized spacial score (nSPS) is 18.2. The van der Waals surface area contributed by atoms with Gasteiger partial charge >= 0.3 is 20.3 Å². The Morgan fingerprint density at radius 3 is 1.91 bits per heavy atom. The first-order valence-corrected chi connectivity index (χ1v) is 14.6. The molecule has 11 nitrogen and oxygen atoms in total. The Labute approximate surface area is 264 Å². The third kappa shape index (κ3) is 5.54. The summed E-state index contributed by atoms with van der Waals surface area (Å²) in [5.41, 5.74) is -1.62. The van der Waals surface area contributed by atoms with Gasteiger partial charge in [0.1, 0.15) is 18.1 Å². The van der Waals surface area contributed by atoms with Crippen molar-refractivity contribution in [3.63, 3.8) is 0 Å². The molecule has 6 rings (SSSR count). The average molecular weight is 621 g/mol. The lowest BCUT2D eigenvalue weighted by atomic mass is 9.70. The number of ether oxygens (including phenoxy) is 1. The van der Waals surface area contributed by atoms with Gasteiger partial charge in [-0.05, 0) is 10.9 Å². The second-order valence-electron chi connectivity index (χ2n) is 11.2. The largest absolute Gasteiger partial charge is 0.507 e. The van der Waals surface area contributed by atoms with E-state index in [1.807, 2.05) is 0 Å². The van der Waals surface area contributed by atoms with Gasteiger partial charge in [-0.25, -0.2) is 4.79 Å². The molecule has 0 fully saturated rings. The van der Waals surface area contributed by atoms with Crippen LogP contribution in [0.25, 0.3) is 0 Å². The van der Waals surface area contributed by atoms with Crippen molar-refractivity contribution in [1.82, 2.24) is 5.32 Å². The number of hydrogen-bond donors (Lipinski definition) is 5. The minimum atomic E-state index is -1.63. The van der Waals surface area contributed by atoms with Crippen LogP contribution in [0, 0.1) is 0 Å². The maximum atomic E-state index is 13.7. The van der Waals surface area contributed by atoms with Gasteiger partial charge in [0.2, 0.25) is 0 Å². The van der Waals surface area contributed by atoms with Crippen molar-refractivity contribution in [1.29, 1.82) is 0 Å². The van der Waals surface area contributed by atoms with Crippen molar-refractivity contribution in [2.24, 2.45) is 0 Å². The fourth-order valence-corrected chi connectivity index (χ4v) is 6.14. The van der Waals surface area contributed by atoms with Crippen LogP contribution in [-0.4, -0.2) is 71.4 Å². The Balaban J connectivity index is 1.52. The molecule has 2 atom stereocenters. The predicted molar refractivity (Wildman–Crippen MR) is 168 cm³/mol. The maximum absolute atomic E-state index is 13.7. The number of carbonyl (C=O) groups excluding carboxylic acids is 3. The average Bonchev–Trinajstić information content (AvgIpc) is 3.08. The van der Waals surface area contributed by atoms with Crippen LogP contribution < -0.4 is 16.2 Å². The number of benzene rings is 4. The van der Waals surface area contributed by atoms with Gasteiger partial charge in [-0.1, -0.05) is 84.9 Å². The zero-order valence-electron chi connectivity index (χ0n) is 24.7. The van der Waals surface area contributed by atoms with Gasteiger partial charge < -0.3 is 39.6 Å². The van der Waals surface area contributed by atoms with Crippen molar-refractivity contribution >= 4 is 42.8 Å². The summed E-state index contributed by atoms with van der Waals surface area (Å²) in [5, 5.41) is 48.1. The molecule has 13 heteroatoms. The number of hydrogen-bond acceptors (Lipinski definition) is 10. The molecule has 0 radical (unpaired) electrons. The lowest BCUT2D eigenvalue weighted by Gasteiger charge is -2.43. The minimum absolute atomic E-state index is 0.0333. The molecule has 4 aromatic carbocycles. The smallest absolute Gasteiger partial charge is 0.491 e. The number of nitrogens with one attached hydrogen (secondary N) is 1. The Bertz CT molecular complexity index is 1820. The summed E-state index contributed by atoms with van der Waals surface area (Å²) in [5.74, 6) is -2.53. The SMILES string of the molecule is CNC(=O)OC[C@]1(OB(O)c2ccccc2)Cc2c(O)c3c(c(O)c2[C@@H](OB(O)c2ccccc2)C1)C(=O)c1ccccc1C3=O. The molecule has 0 heterocycles. The third-order valence-electron chi connectivity index (χ3n) is 8.33. The molecule has 0 saturated carbocycles. The number of fused-ring (bicyclic) bond motifs is 3. The van der Waals surface area contributed by atoms with Crippen molar-refractivity contribution in [3.8, 4) is 11.5 Å². The molecule has 46 heavy (non-hydrogen) atoms. The van der Waals surface area contributed by atoms with Gasteiger partial charge in [0.25, 0.3) is 0 Å². The summed E-state index contributed by atoms with van der Waals surface area (Å²) in [4.78, 5) is 39.6. The summed E-state index contributed by atoms with van der Waals surface area (Å²) in [6.07, 6.45) is -2.62. The van der Waals surface area contributed by atoms with Gasteiger partial charge in [0.05, 0.1) is 22.8 Å². The lowest BCUT2D eigenvalue weighted by molar-refractivity contribution is -0.0511. The number of aromatic hydroxyl groups is 2. The van der Waals surface area contributed by atoms with Crippen LogP contribution in [0.2, 0.25) is 0 Å². The Morgan fingerprint density at radius 1 is 0.826 bits per heavy atom. The predicted octanol–water partition coefficient (Wildman–Crippen LogP) is 1.76. The summed E-state index contributed by atoms with van der Waals surface area (Å²) >= 11 is 0. The van der Waals surface area contributed by atoms with Crippen LogP contribution in [-0.2, 0) is 20.5 Å². The second-order valence-corrected chi connectivity index (χ2v) is 11.2. The molecule has 1 amide bonds. The van der Waals surface area contributed by atoms with E-state index in [2.05, 4.69) is 5.32 Å². The number of phenols is 2. The van der Waals surface area contributed by atoms with E-state index >= 15 is 0 Å². The van der Waals surface area contributed by atoms with E-state index in [1.165, 1.54) is 19.2 Å². The summed E-state index contributed by atoms with van der Waals surface area (Å²) in [7, 11) is -1.73. The molecule has 0 aliphatic heterocycles. The molecule has 5 N–H and O–H groups in total. The van der Waals surface area contributed by atoms with Gasteiger partial charge in [-0.3, -0.25) is 9.59 Å². The zero-order chi connectivity index (χ0) is 32.6. The van der Waals surface area contributed by atoms with Gasteiger partial charge in [0.15, 0.2) is 11.6 Å². The molecular weight excluding hydrogens is 592 g/mol. The maximum Gasteiger partial charge on any atom is 0.491 e. The first-order valence-electron chi connectivity index (χ1n) is 14.6. The van der Waals surface area contributed by atoms with E-state index in [-0.39, 0.29) is 40.7 Å². The number of phenolic OH excluding ortho intramolecular Hbond substituents is 2. The molecule has 0 spiro atoms. The van der Waals surface area contributed by atoms with E-state index < -0.39 is 67.3 Å². The lowest BCUT2D eigenvalue weighted by Crippen LogP contribution is -2.53. The quantitative estimate of drug-likeness (QED) is 0.127. The van der Waals surface area contributed by atoms with Crippen LogP contribution in [0.4, 0.5) is 4.79 Å². The second kappa shape index (κ2) is 12.5. The van der Waals surface area contributed by atoms with E-state index in [4.69, 9.17) is 14.0 Å². The first kappa shape index (κ1) is 31.1. The molecule has 0 unspecified atom stereocenters. The number of amides is 1. The molecule has 4 aromatic rings. The highest BCUT2D eigenvalue weighted by molar-refractivity contribution is 6.60. The molecule has 2 aliphatic rings. The Morgan fingerprint density at radius 2 is 1.35 bits per heavy atom. The Kier molecular flexibility index (Phi) is 8.41.